The number of hydrogen-bond donors (Lipinski definition) is 1. The van der Waals surface area contributed by atoms with Gasteiger partial charge in [0.25, 0.3) is 0 Å². The van der Waals surface area contributed by atoms with Gasteiger partial charge in [-0.3, -0.25) is 4.90 Å². The second-order valence-electron chi connectivity index (χ2n) is 6.12. The molecule has 0 unspecified atom stereocenters. The van der Waals surface area contributed by atoms with Gasteiger partial charge in [-0.25, -0.2) is 0 Å². The molecule has 0 bridgehead atoms. The van der Waals surface area contributed by atoms with Crippen molar-refractivity contribution in [1.82, 2.24) is 4.90 Å². The van der Waals surface area contributed by atoms with Gasteiger partial charge in [0.1, 0.15) is 0 Å². The van der Waals surface area contributed by atoms with Crippen LogP contribution in [0.15, 0.2) is 18.2 Å². The van der Waals surface area contributed by atoms with Gasteiger partial charge in [-0.05, 0) is 38.5 Å². The van der Waals surface area contributed by atoms with Crippen molar-refractivity contribution in [1.29, 1.82) is 0 Å². The van der Waals surface area contributed by atoms with E-state index in [1.54, 1.807) is 0 Å². The molecule has 106 valence electrons. The topological polar surface area (TPSA) is 32.5 Å². The molecular formula is C15H24ClN3. The summed E-state index contributed by atoms with van der Waals surface area (Å²) in [5.41, 5.74) is 8.44. The number of piperazine rings is 1. The third-order valence-electron chi connectivity index (χ3n) is 3.84. The summed E-state index contributed by atoms with van der Waals surface area (Å²) in [6, 6.07) is 5.99. The number of halogens is 1. The Kier molecular flexibility index (Phi) is 4.39. The predicted octanol–water partition coefficient (Wildman–Crippen LogP) is 2.72. The summed E-state index contributed by atoms with van der Waals surface area (Å²) in [5, 5.41) is 0.783. The molecule has 19 heavy (non-hydrogen) atoms. The smallest absolute Gasteiger partial charge is 0.0427 e. The first-order valence-corrected chi connectivity index (χ1v) is 7.28. The maximum Gasteiger partial charge on any atom is 0.0427 e. The van der Waals surface area contributed by atoms with Gasteiger partial charge in [0.15, 0.2) is 0 Å². The van der Waals surface area contributed by atoms with Crippen molar-refractivity contribution >= 4 is 17.3 Å². The van der Waals surface area contributed by atoms with Gasteiger partial charge in [-0.15, -0.1) is 0 Å². The van der Waals surface area contributed by atoms with E-state index in [4.69, 9.17) is 17.3 Å². The van der Waals surface area contributed by atoms with Gasteiger partial charge in [0.05, 0.1) is 0 Å². The number of hydrogen-bond acceptors (Lipinski definition) is 3. The fraction of sp³-hybridized carbons (Fsp3) is 0.600. The van der Waals surface area contributed by atoms with E-state index >= 15 is 0 Å². The van der Waals surface area contributed by atoms with E-state index in [2.05, 4.69) is 30.6 Å². The average Bonchev–Trinajstić information content (AvgIpc) is 2.38. The Morgan fingerprint density at radius 2 is 1.79 bits per heavy atom. The molecule has 1 aliphatic rings. The van der Waals surface area contributed by atoms with Gasteiger partial charge < -0.3 is 10.6 Å². The van der Waals surface area contributed by atoms with Crippen molar-refractivity contribution < 1.29 is 0 Å². The lowest BCUT2D eigenvalue weighted by molar-refractivity contribution is 0.128. The lowest BCUT2D eigenvalue weighted by Gasteiger charge is -2.43. The van der Waals surface area contributed by atoms with Gasteiger partial charge in [0.2, 0.25) is 0 Å². The van der Waals surface area contributed by atoms with Gasteiger partial charge in [-0.2, -0.15) is 0 Å². The summed E-state index contributed by atoms with van der Waals surface area (Å²) in [5.74, 6) is 0. The van der Waals surface area contributed by atoms with Crippen molar-refractivity contribution in [2.45, 2.75) is 32.9 Å². The second kappa shape index (κ2) is 5.70. The van der Waals surface area contributed by atoms with E-state index in [0.29, 0.717) is 6.54 Å². The van der Waals surface area contributed by atoms with Crippen molar-refractivity contribution in [2.24, 2.45) is 5.73 Å². The highest BCUT2D eigenvalue weighted by atomic mass is 35.5. The number of benzene rings is 1. The molecule has 4 heteroatoms. The summed E-state index contributed by atoms with van der Waals surface area (Å²) >= 11 is 6.12. The van der Waals surface area contributed by atoms with Gasteiger partial charge in [-0.1, -0.05) is 17.7 Å². The Bertz CT molecular complexity index is 432. The average molecular weight is 282 g/mol. The minimum absolute atomic E-state index is 0.247. The van der Waals surface area contributed by atoms with E-state index in [-0.39, 0.29) is 5.54 Å². The molecule has 2 N–H and O–H groups in total. The molecule has 1 saturated heterocycles. The molecule has 2 rings (SSSR count). The molecule has 1 aromatic carbocycles. The summed E-state index contributed by atoms with van der Waals surface area (Å²) in [6.45, 7) is 11.6. The molecule has 0 saturated carbocycles. The molecule has 0 amide bonds. The van der Waals surface area contributed by atoms with Crippen LogP contribution < -0.4 is 10.6 Å². The number of anilines is 1. The Hall–Kier alpha value is -0.770. The zero-order valence-corrected chi connectivity index (χ0v) is 12.9. The summed E-state index contributed by atoms with van der Waals surface area (Å²) in [7, 11) is 0. The van der Waals surface area contributed by atoms with Crippen LogP contribution in [0.2, 0.25) is 5.02 Å². The van der Waals surface area contributed by atoms with E-state index in [9.17, 15) is 0 Å². The van der Waals surface area contributed by atoms with Crippen molar-refractivity contribution in [3.8, 4) is 0 Å². The highest BCUT2D eigenvalue weighted by Crippen LogP contribution is 2.27. The van der Waals surface area contributed by atoms with Crippen molar-refractivity contribution in [2.75, 3.05) is 31.1 Å². The lowest BCUT2D eigenvalue weighted by Crippen LogP contribution is -2.53. The molecule has 0 aliphatic carbocycles. The summed E-state index contributed by atoms with van der Waals surface area (Å²) in [4.78, 5) is 4.92. The normalized spacial score (nSPS) is 17.8. The second-order valence-corrected chi connectivity index (χ2v) is 6.56. The van der Waals surface area contributed by atoms with Crippen LogP contribution in [0, 0.1) is 0 Å². The SMILES string of the molecule is CC(C)(C)N1CCN(c2cc(Cl)ccc2CN)CC1. The minimum Gasteiger partial charge on any atom is -0.369 e. The van der Waals surface area contributed by atoms with Crippen molar-refractivity contribution in [3.05, 3.63) is 28.8 Å². The Morgan fingerprint density at radius 1 is 1.16 bits per heavy atom. The Labute approximate surface area is 121 Å². The monoisotopic (exact) mass is 281 g/mol. The molecular weight excluding hydrogens is 258 g/mol. The predicted molar refractivity (Wildman–Crippen MR) is 82.9 cm³/mol. The van der Waals surface area contributed by atoms with Crippen LogP contribution in [0.5, 0.6) is 0 Å². The van der Waals surface area contributed by atoms with Crippen LogP contribution >= 0.6 is 11.6 Å². The quantitative estimate of drug-likeness (QED) is 0.905. The van der Waals surface area contributed by atoms with E-state index < -0.39 is 0 Å². The Morgan fingerprint density at radius 3 is 2.32 bits per heavy atom. The van der Waals surface area contributed by atoms with E-state index in [1.807, 2.05) is 18.2 Å². The van der Waals surface area contributed by atoms with Gasteiger partial charge >= 0.3 is 0 Å². The van der Waals surface area contributed by atoms with Crippen LogP contribution in [-0.4, -0.2) is 36.6 Å². The highest BCUT2D eigenvalue weighted by Gasteiger charge is 2.26. The molecule has 3 nitrogen and oxygen atoms in total. The third kappa shape index (κ3) is 3.41. The summed E-state index contributed by atoms with van der Waals surface area (Å²) < 4.78 is 0. The maximum atomic E-state index is 6.12. The van der Waals surface area contributed by atoms with Crippen molar-refractivity contribution in [3.63, 3.8) is 0 Å². The number of nitrogens with two attached hydrogens (primary N) is 1. The standard InChI is InChI=1S/C15H24ClN3/c1-15(2,3)19-8-6-18(7-9-19)14-10-13(16)5-4-12(14)11-17/h4-5,10H,6-9,11,17H2,1-3H3. The lowest BCUT2D eigenvalue weighted by atomic mass is 10.0. The van der Waals surface area contributed by atoms with Crippen LogP contribution in [0.1, 0.15) is 26.3 Å². The zero-order chi connectivity index (χ0) is 14.0. The largest absolute Gasteiger partial charge is 0.369 e. The van der Waals surface area contributed by atoms with Crippen LogP contribution in [-0.2, 0) is 6.54 Å². The number of rotatable bonds is 2. The molecule has 0 aromatic heterocycles. The minimum atomic E-state index is 0.247. The third-order valence-corrected chi connectivity index (χ3v) is 4.07. The number of nitrogens with zero attached hydrogens (tertiary/aromatic N) is 2. The first-order valence-electron chi connectivity index (χ1n) is 6.90. The molecule has 1 heterocycles. The molecule has 0 radical (unpaired) electrons. The highest BCUT2D eigenvalue weighted by molar-refractivity contribution is 6.30. The first kappa shape index (κ1) is 14.6. The van der Waals surface area contributed by atoms with E-state index in [1.165, 1.54) is 11.3 Å². The molecule has 1 fully saturated rings. The molecule has 1 aliphatic heterocycles. The zero-order valence-electron chi connectivity index (χ0n) is 12.1. The van der Waals surface area contributed by atoms with Crippen LogP contribution in [0.3, 0.4) is 0 Å². The maximum absolute atomic E-state index is 6.12. The fourth-order valence-electron chi connectivity index (χ4n) is 2.62. The first-order chi connectivity index (χ1) is 8.91. The summed E-state index contributed by atoms with van der Waals surface area (Å²) in [6.07, 6.45) is 0. The molecule has 1 aromatic rings. The van der Waals surface area contributed by atoms with Crippen LogP contribution in [0.25, 0.3) is 0 Å². The van der Waals surface area contributed by atoms with Gasteiger partial charge in [0, 0.05) is 49.0 Å². The van der Waals surface area contributed by atoms with E-state index in [0.717, 1.165) is 31.2 Å². The molecule has 0 spiro atoms. The van der Waals surface area contributed by atoms with Crippen LogP contribution in [0.4, 0.5) is 5.69 Å². The fourth-order valence-corrected chi connectivity index (χ4v) is 2.79. The Balaban J connectivity index is 2.11. The molecule has 0 atom stereocenters.